The quantitative estimate of drug-likeness (QED) is 0.761. The molecule has 0 radical (unpaired) electrons. The van der Waals surface area contributed by atoms with Crippen LogP contribution in [0.5, 0.6) is 0 Å². The zero-order valence-corrected chi connectivity index (χ0v) is 10.5. The van der Waals surface area contributed by atoms with E-state index in [2.05, 4.69) is 12.1 Å². The van der Waals surface area contributed by atoms with Crippen molar-refractivity contribution >= 4 is 5.57 Å². The van der Waals surface area contributed by atoms with Gasteiger partial charge in [-0.2, -0.15) is 5.26 Å². The van der Waals surface area contributed by atoms with E-state index in [0.717, 1.165) is 24.8 Å². The summed E-state index contributed by atoms with van der Waals surface area (Å²) < 4.78 is 13.2. The fourth-order valence-electron chi connectivity index (χ4n) is 2.68. The van der Waals surface area contributed by atoms with Gasteiger partial charge in [0, 0.05) is 26.1 Å². The molecule has 3 rings (SSSR count). The molecule has 0 bridgehead atoms. The van der Waals surface area contributed by atoms with Crippen molar-refractivity contribution in [2.75, 3.05) is 13.2 Å². The van der Waals surface area contributed by atoms with Crippen LogP contribution in [0, 0.1) is 11.3 Å². The van der Waals surface area contributed by atoms with E-state index in [0.29, 0.717) is 18.9 Å². The monoisotopic (exact) mass is 244 g/mol. The molecule has 0 unspecified atom stereocenters. The van der Waals surface area contributed by atoms with Gasteiger partial charge in [-0.05, 0) is 23.6 Å². The molecule has 18 heavy (non-hydrogen) atoms. The smallest absolute Gasteiger partial charge is 0.172 e. The molecule has 1 aromatic heterocycles. The number of hydrogen-bond donors (Lipinski definition) is 0. The van der Waals surface area contributed by atoms with Crippen molar-refractivity contribution in [2.24, 2.45) is 7.05 Å². The van der Waals surface area contributed by atoms with Gasteiger partial charge >= 0.3 is 0 Å². The van der Waals surface area contributed by atoms with E-state index < -0.39 is 0 Å². The molecule has 0 atom stereocenters. The molecule has 4 nitrogen and oxygen atoms in total. The van der Waals surface area contributed by atoms with Gasteiger partial charge in [0.2, 0.25) is 0 Å². The summed E-state index contributed by atoms with van der Waals surface area (Å²) in [6.07, 6.45) is 6.84. The van der Waals surface area contributed by atoms with Crippen molar-refractivity contribution in [1.29, 1.82) is 5.26 Å². The van der Waals surface area contributed by atoms with E-state index in [1.807, 2.05) is 23.9 Å². The third kappa shape index (κ3) is 1.86. The predicted octanol–water partition coefficient (Wildman–Crippen LogP) is 2.21. The van der Waals surface area contributed by atoms with Gasteiger partial charge in [0.25, 0.3) is 0 Å². The standard InChI is InChI=1S/C14H16N2O2/c1-16-10-12(8-13(16)9-15)11-2-4-14(5-3-11)17-6-7-18-14/h2,8,10H,3-7H2,1H3. The second-order valence-electron chi connectivity index (χ2n) is 4.88. The second-order valence-corrected chi connectivity index (χ2v) is 4.88. The van der Waals surface area contributed by atoms with E-state index in [-0.39, 0.29) is 5.79 Å². The Morgan fingerprint density at radius 2 is 2.17 bits per heavy atom. The lowest BCUT2D eigenvalue weighted by Gasteiger charge is -2.30. The van der Waals surface area contributed by atoms with E-state index in [4.69, 9.17) is 14.7 Å². The molecule has 0 N–H and O–H groups in total. The molecule has 1 aromatic rings. The van der Waals surface area contributed by atoms with Gasteiger partial charge in [0.1, 0.15) is 11.8 Å². The molecular weight excluding hydrogens is 228 g/mol. The summed E-state index contributed by atoms with van der Waals surface area (Å²) in [6, 6.07) is 4.13. The Kier molecular flexibility index (Phi) is 2.73. The molecule has 1 aliphatic heterocycles. The zero-order valence-electron chi connectivity index (χ0n) is 10.5. The van der Waals surface area contributed by atoms with Gasteiger partial charge in [-0.3, -0.25) is 0 Å². The van der Waals surface area contributed by atoms with Crippen molar-refractivity contribution in [1.82, 2.24) is 4.57 Å². The van der Waals surface area contributed by atoms with Gasteiger partial charge in [0.05, 0.1) is 13.2 Å². The van der Waals surface area contributed by atoms with Crippen LogP contribution in [0.25, 0.3) is 5.57 Å². The van der Waals surface area contributed by atoms with Crippen LogP contribution in [0.3, 0.4) is 0 Å². The summed E-state index contributed by atoms with van der Waals surface area (Å²) in [5, 5.41) is 8.97. The van der Waals surface area contributed by atoms with Crippen molar-refractivity contribution in [2.45, 2.75) is 25.0 Å². The highest BCUT2D eigenvalue weighted by molar-refractivity contribution is 5.67. The Hall–Kier alpha value is -1.57. The minimum atomic E-state index is -0.365. The zero-order chi connectivity index (χ0) is 12.6. The van der Waals surface area contributed by atoms with Crippen LogP contribution < -0.4 is 0 Å². The molecule has 0 aromatic carbocycles. The third-order valence-electron chi connectivity index (χ3n) is 3.74. The highest BCUT2D eigenvalue weighted by atomic mass is 16.7. The molecule has 1 fully saturated rings. The average molecular weight is 244 g/mol. The van der Waals surface area contributed by atoms with E-state index in [1.165, 1.54) is 5.57 Å². The predicted molar refractivity (Wildman–Crippen MR) is 66.6 cm³/mol. The van der Waals surface area contributed by atoms with Crippen LogP contribution in [0.1, 0.15) is 30.5 Å². The molecule has 4 heteroatoms. The lowest BCUT2D eigenvalue weighted by Crippen LogP contribution is -2.31. The first-order valence-electron chi connectivity index (χ1n) is 6.26. The Labute approximate surface area is 106 Å². The van der Waals surface area contributed by atoms with Crippen molar-refractivity contribution < 1.29 is 9.47 Å². The number of allylic oxidation sites excluding steroid dienone is 1. The maximum absolute atomic E-state index is 8.97. The van der Waals surface area contributed by atoms with Gasteiger partial charge in [-0.15, -0.1) is 0 Å². The Bertz CT molecular complexity index is 530. The number of rotatable bonds is 1. The SMILES string of the molecule is Cn1cc(C2=CCC3(CC2)OCCO3)cc1C#N. The first kappa shape index (κ1) is 11.5. The van der Waals surface area contributed by atoms with Gasteiger partial charge < -0.3 is 14.0 Å². The molecule has 94 valence electrons. The summed E-state index contributed by atoms with van der Waals surface area (Å²) in [7, 11) is 1.90. The van der Waals surface area contributed by atoms with E-state index >= 15 is 0 Å². The van der Waals surface area contributed by atoms with Crippen LogP contribution in [0.2, 0.25) is 0 Å². The Balaban J connectivity index is 1.82. The van der Waals surface area contributed by atoms with Gasteiger partial charge in [-0.1, -0.05) is 6.08 Å². The van der Waals surface area contributed by atoms with E-state index in [9.17, 15) is 0 Å². The van der Waals surface area contributed by atoms with Crippen LogP contribution in [-0.2, 0) is 16.5 Å². The van der Waals surface area contributed by atoms with Crippen molar-refractivity contribution in [3.8, 4) is 6.07 Å². The van der Waals surface area contributed by atoms with Crippen LogP contribution >= 0.6 is 0 Å². The number of nitrogens with zero attached hydrogens (tertiary/aromatic N) is 2. The third-order valence-corrected chi connectivity index (χ3v) is 3.74. The van der Waals surface area contributed by atoms with Crippen LogP contribution in [0.15, 0.2) is 18.3 Å². The summed E-state index contributed by atoms with van der Waals surface area (Å²) in [6.45, 7) is 1.40. The highest BCUT2D eigenvalue weighted by Crippen LogP contribution is 2.38. The van der Waals surface area contributed by atoms with E-state index in [1.54, 1.807) is 0 Å². The maximum atomic E-state index is 8.97. The Morgan fingerprint density at radius 1 is 1.39 bits per heavy atom. The lowest BCUT2D eigenvalue weighted by molar-refractivity contribution is -0.159. The Morgan fingerprint density at radius 3 is 2.72 bits per heavy atom. The summed E-state index contributed by atoms with van der Waals surface area (Å²) in [4.78, 5) is 0. The average Bonchev–Trinajstić information content (AvgIpc) is 2.98. The number of nitriles is 1. The topological polar surface area (TPSA) is 47.2 Å². The number of ether oxygens (including phenoxy) is 2. The molecule has 2 aliphatic rings. The van der Waals surface area contributed by atoms with Crippen LogP contribution in [0.4, 0.5) is 0 Å². The fraction of sp³-hybridized carbons (Fsp3) is 0.500. The van der Waals surface area contributed by atoms with Crippen molar-refractivity contribution in [3.05, 3.63) is 29.6 Å². The van der Waals surface area contributed by atoms with Crippen molar-refractivity contribution in [3.63, 3.8) is 0 Å². The lowest BCUT2D eigenvalue weighted by atomic mass is 9.91. The second kappa shape index (κ2) is 4.27. The molecule has 0 amide bonds. The van der Waals surface area contributed by atoms with Gasteiger partial charge in [-0.25, -0.2) is 0 Å². The molecule has 2 heterocycles. The number of aryl methyl sites for hydroxylation is 1. The summed E-state index contributed by atoms with van der Waals surface area (Å²) in [5.41, 5.74) is 3.12. The summed E-state index contributed by atoms with van der Waals surface area (Å²) >= 11 is 0. The summed E-state index contributed by atoms with van der Waals surface area (Å²) in [5.74, 6) is -0.365. The fourth-order valence-corrected chi connectivity index (χ4v) is 2.68. The van der Waals surface area contributed by atoms with Crippen LogP contribution in [-0.4, -0.2) is 23.6 Å². The first-order valence-corrected chi connectivity index (χ1v) is 6.26. The minimum Gasteiger partial charge on any atom is -0.347 e. The normalized spacial score (nSPS) is 21.9. The molecule has 1 saturated heterocycles. The maximum Gasteiger partial charge on any atom is 0.172 e. The highest BCUT2D eigenvalue weighted by Gasteiger charge is 2.37. The largest absolute Gasteiger partial charge is 0.347 e. The molecule has 0 saturated carbocycles. The minimum absolute atomic E-state index is 0.365. The first-order chi connectivity index (χ1) is 8.72. The molecule has 1 aliphatic carbocycles. The number of hydrogen-bond acceptors (Lipinski definition) is 3. The van der Waals surface area contributed by atoms with Gasteiger partial charge in [0.15, 0.2) is 5.79 Å². The number of aromatic nitrogens is 1. The molecule has 1 spiro atoms. The molecular formula is C14H16N2O2.